The third-order valence-electron chi connectivity index (χ3n) is 4.93. The largest absolute Gasteiger partial charge is 0.459 e. The zero-order valence-corrected chi connectivity index (χ0v) is 13.3. The average molecular weight is 306 g/mol. The molecule has 2 heterocycles. The number of methoxy groups -OCH3 is 1. The molecule has 1 aromatic heterocycles. The van der Waals surface area contributed by atoms with E-state index >= 15 is 0 Å². The lowest BCUT2D eigenvalue weighted by Crippen LogP contribution is -2.56. The summed E-state index contributed by atoms with van der Waals surface area (Å²) in [5.74, 6) is 1.19. The Bertz CT molecular complexity index is 474. The maximum Gasteiger partial charge on any atom is 0.287 e. The van der Waals surface area contributed by atoms with Gasteiger partial charge >= 0.3 is 0 Å². The highest BCUT2D eigenvalue weighted by Gasteiger charge is 2.37. The van der Waals surface area contributed by atoms with Gasteiger partial charge in [0, 0.05) is 38.9 Å². The normalized spacial score (nSPS) is 21.7. The lowest BCUT2D eigenvalue weighted by Gasteiger charge is -2.42. The maximum absolute atomic E-state index is 12.4. The Morgan fingerprint density at radius 2 is 2.23 bits per heavy atom. The molecule has 0 radical (unpaired) electrons. The lowest BCUT2D eigenvalue weighted by molar-refractivity contribution is 0.0675. The van der Waals surface area contributed by atoms with Crippen LogP contribution >= 0.6 is 0 Å². The van der Waals surface area contributed by atoms with Crippen LogP contribution in [-0.2, 0) is 4.74 Å². The van der Waals surface area contributed by atoms with E-state index in [0.717, 1.165) is 38.3 Å². The summed E-state index contributed by atoms with van der Waals surface area (Å²) in [7, 11) is 1.71. The van der Waals surface area contributed by atoms with Crippen molar-refractivity contribution in [3.8, 4) is 0 Å². The van der Waals surface area contributed by atoms with Crippen LogP contribution in [0.2, 0.25) is 0 Å². The van der Waals surface area contributed by atoms with Gasteiger partial charge in [-0.15, -0.1) is 0 Å². The van der Waals surface area contributed by atoms with Crippen LogP contribution in [0.15, 0.2) is 22.8 Å². The number of amides is 1. The second kappa shape index (κ2) is 6.84. The van der Waals surface area contributed by atoms with E-state index in [1.54, 1.807) is 19.2 Å². The Kier molecular flexibility index (Phi) is 4.84. The van der Waals surface area contributed by atoms with Gasteiger partial charge in [-0.2, -0.15) is 0 Å². The van der Waals surface area contributed by atoms with Gasteiger partial charge in [-0.1, -0.05) is 0 Å². The Balaban J connectivity index is 1.59. The highest BCUT2D eigenvalue weighted by atomic mass is 16.5. The summed E-state index contributed by atoms with van der Waals surface area (Å²) in [6.45, 7) is 4.00. The molecule has 0 aromatic carbocycles. The molecule has 122 valence electrons. The van der Waals surface area contributed by atoms with E-state index in [1.165, 1.54) is 25.6 Å². The van der Waals surface area contributed by atoms with Crippen LogP contribution in [0.5, 0.6) is 0 Å². The van der Waals surface area contributed by atoms with Gasteiger partial charge in [0.1, 0.15) is 0 Å². The Labute approximate surface area is 132 Å². The molecular weight excluding hydrogens is 280 g/mol. The average Bonchev–Trinajstić information content (AvgIpc) is 3.16. The van der Waals surface area contributed by atoms with E-state index in [0.29, 0.717) is 12.4 Å². The SMILES string of the molecule is COCCC1(NC(=O)c2ccco2)CCN(CC2CC2)CC1. The molecule has 2 aliphatic rings. The number of carbonyl (C=O) groups is 1. The van der Waals surface area contributed by atoms with E-state index in [4.69, 9.17) is 9.15 Å². The van der Waals surface area contributed by atoms with Crippen LogP contribution in [0.4, 0.5) is 0 Å². The van der Waals surface area contributed by atoms with Crippen molar-refractivity contribution < 1.29 is 13.9 Å². The van der Waals surface area contributed by atoms with Crippen LogP contribution in [0, 0.1) is 5.92 Å². The summed E-state index contributed by atoms with van der Waals surface area (Å²) >= 11 is 0. The van der Waals surface area contributed by atoms with Crippen molar-refractivity contribution in [2.45, 2.75) is 37.6 Å². The monoisotopic (exact) mass is 306 g/mol. The zero-order valence-electron chi connectivity index (χ0n) is 13.3. The minimum Gasteiger partial charge on any atom is -0.459 e. The van der Waals surface area contributed by atoms with Crippen molar-refractivity contribution >= 4 is 5.91 Å². The van der Waals surface area contributed by atoms with Crippen LogP contribution in [0.1, 0.15) is 42.7 Å². The molecule has 0 spiro atoms. The maximum atomic E-state index is 12.4. The van der Waals surface area contributed by atoms with E-state index in [-0.39, 0.29) is 11.4 Å². The highest BCUT2D eigenvalue weighted by molar-refractivity contribution is 5.91. The van der Waals surface area contributed by atoms with Crippen LogP contribution in [0.25, 0.3) is 0 Å². The molecule has 0 atom stereocenters. The van der Waals surface area contributed by atoms with Crippen molar-refractivity contribution in [1.82, 2.24) is 10.2 Å². The summed E-state index contributed by atoms with van der Waals surface area (Å²) in [6, 6.07) is 3.45. The summed E-state index contributed by atoms with van der Waals surface area (Å²) in [6.07, 6.45) is 7.13. The third kappa shape index (κ3) is 3.90. The summed E-state index contributed by atoms with van der Waals surface area (Å²) in [5, 5.41) is 3.22. The summed E-state index contributed by atoms with van der Waals surface area (Å²) in [4.78, 5) is 14.9. The molecule has 2 fully saturated rings. The van der Waals surface area contributed by atoms with Gasteiger partial charge in [0.05, 0.1) is 6.26 Å². The molecule has 1 N–H and O–H groups in total. The second-order valence-electron chi connectivity index (χ2n) is 6.70. The minimum absolute atomic E-state index is 0.114. The standard InChI is InChI=1S/C17H26N2O3/c1-21-12-8-17(18-16(20)15-3-2-11-22-15)6-9-19(10-7-17)13-14-4-5-14/h2-3,11,14H,4-10,12-13H2,1H3,(H,18,20). The molecule has 1 saturated carbocycles. The number of furan rings is 1. The zero-order chi connectivity index (χ0) is 15.4. The second-order valence-corrected chi connectivity index (χ2v) is 6.70. The molecule has 0 unspecified atom stereocenters. The fourth-order valence-electron chi connectivity index (χ4n) is 3.27. The van der Waals surface area contributed by atoms with E-state index < -0.39 is 0 Å². The number of nitrogens with one attached hydrogen (secondary N) is 1. The van der Waals surface area contributed by atoms with Gasteiger partial charge in [0.15, 0.2) is 5.76 Å². The lowest BCUT2D eigenvalue weighted by atomic mass is 9.84. The molecule has 3 rings (SSSR count). The number of likely N-dealkylation sites (tertiary alicyclic amines) is 1. The predicted molar refractivity (Wildman–Crippen MR) is 83.8 cm³/mol. The van der Waals surface area contributed by atoms with Crippen LogP contribution in [0.3, 0.4) is 0 Å². The molecule has 5 heteroatoms. The Hall–Kier alpha value is -1.33. The molecule has 1 aromatic rings. The molecule has 0 bridgehead atoms. The molecular formula is C17H26N2O3. The number of nitrogens with zero attached hydrogens (tertiary/aromatic N) is 1. The Morgan fingerprint density at radius 1 is 1.45 bits per heavy atom. The van der Waals surface area contributed by atoms with Gasteiger partial charge in [-0.25, -0.2) is 0 Å². The summed E-state index contributed by atoms with van der Waals surface area (Å²) < 4.78 is 10.5. The van der Waals surface area contributed by atoms with Gasteiger partial charge in [-0.05, 0) is 50.2 Å². The number of hydrogen-bond donors (Lipinski definition) is 1. The van der Waals surface area contributed by atoms with Crippen molar-refractivity contribution in [1.29, 1.82) is 0 Å². The molecule has 1 aliphatic heterocycles. The third-order valence-corrected chi connectivity index (χ3v) is 4.93. The van der Waals surface area contributed by atoms with Gasteiger partial charge < -0.3 is 19.4 Å². The fraction of sp³-hybridized carbons (Fsp3) is 0.706. The van der Waals surface area contributed by atoms with Gasteiger partial charge in [0.25, 0.3) is 5.91 Å². The molecule has 1 aliphatic carbocycles. The highest BCUT2D eigenvalue weighted by Crippen LogP contribution is 2.33. The molecule has 5 nitrogen and oxygen atoms in total. The topological polar surface area (TPSA) is 54.7 Å². The van der Waals surface area contributed by atoms with Crippen LogP contribution < -0.4 is 5.32 Å². The number of ether oxygens (including phenoxy) is 1. The number of rotatable bonds is 7. The molecule has 1 saturated heterocycles. The first-order chi connectivity index (χ1) is 10.7. The van der Waals surface area contributed by atoms with Gasteiger partial charge in [0.2, 0.25) is 0 Å². The smallest absolute Gasteiger partial charge is 0.287 e. The first-order valence-electron chi connectivity index (χ1n) is 8.28. The van der Waals surface area contributed by atoms with Crippen LogP contribution in [-0.4, -0.2) is 49.7 Å². The Morgan fingerprint density at radius 3 is 2.82 bits per heavy atom. The predicted octanol–water partition coefficient (Wildman–Crippen LogP) is 2.29. The number of carbonyl (C=O) groups excluding carboxylic acids is 1. The van der Waals surface area contributed by atoms with Crippen molar-refractivity contribution in [2.75, 3.05) is 33.4 Å². The van der Waals surface area contributed by atoms with E-state index in [9.17, 15) is 4.79 Å². The number of hydrogen-bond acceptors (Lipinski definition) is 4. The quantitative estimate of drug-likeness (QED) is 0.840. The van der Waals surface area contributed by atoms with E-state index in [2.05, 4.69) is 10.2 Å². The first kappa shape index (κ1) is 15.6. The first-order valence-corrected chi connectivity index (χ1v) is 8.28. The van der Waals surface area contributed by atoms with E-state index in [1.807, 2.05) is 0 Å². The fourth-order valence-corrected chi connectivity index (χ4v) is 3.27. The minimum atomic E-state index is -0.167. The summed E-state index contributed by atoms with van der Waals surface area (Å²) in [5.41, 5.74) is -0.167. The van der Waals surface area contributed by atoms with Crippen molar-refractivity contribution in [2.24, 2.45) is 5.92 Å². The van der Waals surface area contributed by atoms with Gasteiger partial charge in [-0.3, -0.25) is 4.79 Å². The molecule has 22 heavy (non-hydrogen) atoms. The van der Waals surface area contributed by atoms with Crippen molar-refractivity contribution in [3.63, 3.8) is 0 Å². The molecule has 1 amide bonds. The van der Waals surface area contributed by atoms with Crippen molar-refractivity contribution in [3.05, 3.63) is 24.2 Å². The number of piperidine rings is 1.